The Hall–Kier alpha value is -1.35. The van der Waals surface area contributed by atoms with Crippen molar-refractivity contribution < 1.29 is 9.90 Å². The second-order valence-corrected chi connectivity index (χ2v) is 4.47. The van der Waals surface area contributed by atoms with E-state index in [1.54, 1.807) is 11.8 Å². The molecule has 1 saturated heterocycles. The molecule has 0 saturated carbocycles. The van der Waals surface area contributed by atoms with Crippen LogP contribution < -0.4 is 0 Å². The van der Waals surface area contributed by atoms with Crippen LogP contribution in [0.5, 0.6) is 0 Å². The van der Waals surface area contributed by atoms with Gasteiger partial charge >= 0.3 is 0 Å². The summed E-state index contributed by atoms with van der Waals surface area (Å²) in [6.07, 6.45) is 0. The van der Waals surface area contributed by atoms with E-state index in [0.29, 0.717) is 13.1 Å². The first-order valence-corrected chi connectivity index (χ1v) is 5.07. The summed E-state index contributed by atoms with van der Waals surface area (Å²) in [5.74, 6) is 0.0135. The molecule has 1 aliphatic rings. The summed E-state index contributed by atoms with van der Waals surface area (Å²) >= 11 is 0. The standard InChI is InChI=1S/C12H15NO2/c1-9-5-3-4-6-10(9)11(14)13-7-12(2,15)8-13/h3-6,15H,7-8H2,1-2H3. The number of hydrogen-bond donors (Lipinski definition) is 1. The normalized spacial score (nSPS) is 18.5. The molecule has 0 unspecified atom stereocenters. The van der Waals surface area contributed by atoms with Crippen molar-refractivity contribution in [3.8, 4) is 0 Å². The number of nitrogens with zero attached hydrogens (tertiary/aromatic N) is 1. The molecule has 1 heterocycles. The molecule has 1 aromatic rings. The molecular formula is C12H15NO2. The minimum atomic E-state index is -0.696. The Morgan fingerprint density at radius 2 is 2.00 bits per heavy atom. The highest BCUT2D eigenvalue weighted by Crippen LogP contribution is 2.22. The number of hydrogen-bond acceptors (Lipinski definition) is 2. The van der Waals surface area contributed by atoms with Gasteiger partial charge in [0.1, 0.15) is 0 Å². The Kier molecular flexibility index (Phi) is 2.27. The fourth-order valence-corrected chi connectivity index (χ4v) is 1.90. The first-order chi connectivity index (χ1) is 6.99. The maximum absolute atomic E-state index is 12.0. The Balaban J connectivity index is 2.14. The molecule has 1 amide bonds. The summed E-state index contributed by atoms with van der Waals surface area (Å²) in [5, 5.41) is 9.55. The lowest BCUT2D eigenvalue weighted by atomic mass is 9.95. The average molecular weight is 205 g/mol. The van der Waals surface area contributed by atoms with E-state index in [-0.39, 0.29) is 5.91 Å². The van der Waals surface area contributed by atoms with Crippen LogP contribution in [-0.4, -0.2) is 34.6 Å². The Bertz CT molecular complexity index is 390. The number of carbonyl (C=O) groups is 1. The van der Waals surface area contributed by atoms with Gasteiger partial charge < -0.3 is 10.0 Å². The van der Waals surface area contributed by atoms with Gasteiger partial charge in [0.15, 0.2) is 0 Å². The number of benzene rings is 1. The topological polar surface area (TPSA) is 40.5 Å². The molecule has 1 N–H and O–H groups in total. The maximum atomic E-state index is 12.0. The second kappa shape index (κ2) is 3.35. The van der Waals surface area contributed by atoms with Crippen LogP contribution in [0.3, 0.4) is 0 Å². The van der Waals surface area contributed by atoms with Gasteiger partial charge in [-0.05, 0) is 25.5 Å². The molecule has 1 aromatic carbocycles. The van der Waals surface area contributed by atoms with Crippen LogP contribution in [0.4, 0.5) is 0 Å². The Morgan fingerprint density at radius 1 is 1.40 bits per heavy atom. The molecule has 80 valence electrons. The van der Waals surface area contributed by atoms with Crippen molar-refractivity contribution >= 4 is 5.91 Å². The number of likely N-dealkylation sites (tertiary alicyclic amines) is 1. The van der Waals surface area contributed by atoms with Crippen molar-refractivity contribution in [3.05, 3.63) is 35.4 Å². The van der Waals surface area contributed by atoms with Gasteiger partial charge in [0.2, 0.25) is 0 Å². The summed E-state index contributed by atoms with van der Waals surface area (Å²) in [6.45, 7) is 4.53. The van der Waals surface area contributed by atoms with E-state index in [2.05, 4.69) is 0 Å². The lowest BCUT2D eigenvalue weighted by Gasteiger charge is -2.44. The summed E-state index contributed by atoms with van der Waals surface area (Å²) in [4.78, 5) is 13.6. The molecule has 3 nitrogen and oxygen atoms in total. The van der Waals surface area contributed by atoms with Gasteiger partial charge in [0.05, 0.1) is 18.7 Å². The number of carbonyl (C=O) groups excluding carboxylic acids is 1. The highest BCUT2D eigenvalue weighted by Gasteiger charge is 2.39. The fraction of sp³-hybridized carbons (Fsp3) is 0.417. The molecule has 0 bridgehead atoms. The third kappa shape index (κ3) is 1.88. The summed E-state index contributed by atoms with van der Waals surface area (Å²) in [7, 11) is 0. The monoisotopic (exact) mass is 205 g/mol. The Labute approximate surface area is 89.3 Å². The van der Waals surface area contributed by atoms with Gasteiger partial charge in [-0.25, -0.2) is 0 Å². The molecule has 0 aromatic heterocycles. The molecular weight excluding hydrogens is 190 g/mol. The summed E-state index contributed by atoms with van der Waals surface area (Å²) in [6, 6.07) is 7.52. The number of β-amino-alcohol motifs (C(OH)–C–C–N with tert-alkyl or cyclic N) is 1. The zero-order chi connectivity index (χ0) is 11.1. The van der Waals surface area contributed by atoms with E-state index in [9.17, 15) is 9.90 Å². The molecule has 1 aliphatic heterocycles. The molecule has 0 spiro atoms. The SMILES string of the molecule is Cc1ccccc1C(=O)N1CC(C)(O)C1. The van der Waals surface area contributed by atoms with Crippen molar-refractivity contribution in [2.45, 2.75) is 19.4 Å². The molecule has 0 radical (unpaired) electrons. The van der Waals surface area contributed by atoms with Crippen LogP contribution >= 0.6 is 0 Å². The molecule has 2 rings (SSSR count). The van der Waals surface area contributed by atoms with E-state index < -0.39 is 5.60 Å². The zero-order valence-corrected chi connectivity index (χ0v) is 9.03. The molecule has 15 heavy (non-hydrogen) atoms. The van der Waals surface area contributed by atoms with E-state index in [0.717, 1.165) is 11.1 Å². The van der Waals surface area contributed by atoms with E-state index in [4.69, 9.17) is 0 Å². The summed E-state index contributed by atoms with van der Waals surface area (Å²) in [5.41, 5.74) is 1.01. The van der Waals surface area contributed by atoms with Crippen molar-refractivity contribution in [2.24, 2.45) is 0 Å². The van der Waals surface area contributed by atoms with Gasteiger partial charge in [0.25, 0.3) is 5.91 Å². The van der Waals surface area contributed by atoms with Gasteiger partial charge in [-0.2, -0.15) is 0 Å². The number of aliphatic hydroxyl groups is 1. The lowest BCUT2D eigenvalue weighted by Crippen LogP contribution is -2.61. The highest BCUT2D eigenvalue weighted by atomic mass is 16.3. The van der Waals surface area contributed by atoms with Crippen LogP contribution in [0.1, 0.15) is 22.8 Å². The number of amides is 1. The van der Waals surface area contributed by atoms with Crippen LogP contribution in [0, 0.1) is 6.92 Å². The smallest absolute Gasteiger partial charge is 0.254 e. The van der Waals surface area contributed by atoms with Crippen LogP contribution in [-0.2, 0) is 0 Å². The van der Waals surface area contributed by atoms with Gasteiger partial charge in [-0.15, -0.1) is 0 Å². The largest absolute Gasteiger partial charge is 0.386 e. The molecule has 1 fully saturated rings. The van der Waals surface area contributed by atoms with Crippen molar-refractivity contribution in [1.29, 1.82) is 0 Å². The lowest BCUT2D eigenvalue weighted by molar-refractivity contribution is -0.0669. The van der Waals surface area contributed by atoms with Gasteiger partial charge in [-0.3, -0.25) is 4.79 Å². The van der Waals surface area contributed by atoms with Crippen LogP contribution in [0.15, 0.2) is 24.3 Å². The Morgan fingerprint density at radius 3 is 2.53 bits per heavy atom. The van der Waals surface area contributed by atoms with Crippen LogP contribution in [0.25, 0.3) is 0 Å². The molecule has 3 heteroatoms. The van der Waals surface area contributed by atoms with Crippen molar-refractivity contribution in [3.63, 3.8) is 0 Å². The predicted molar refractivity (Wildman–Crippen MR) is 57.7 cm³/mol. The molecule has 0 aliphatic carbocycles. The quantitative estimate of drug-likeness (QED) is 0.748. The maximum Gasteiger partial charge on any atom is 0.254 e. The third-order valence-electron chi connectivity index (χ3n) is 2.73. The van der Waals surface area contributed by atoms with E-state index in [1.807, 2.05) is 31.2 Å². The van der Waals surface area contributed by atoms with Gasteiger partial charge in [-0.1, -0.05) is 18.2 Å². The summed E-state index contributed by atoms with van der Waals surface area (Å²) < 4.78 is 0. The van der Waals surface area contributed by atoms with Crippen LogP contribution in [0.2, 0.25) is 0 Å². The zero-order valence-electron chi connectivity index (χ0n) is 9.03. The first-order valence-electron chi connectivity index (χ1n) is 5.07. The second-order valence-electron chi connectivity index (χ2n) is 4.47. The minimum Gasteiger partial charge on any atom is -0.386 e. The first kappa shape index (κ1) is 10.2. The fourth-order valence-electron chi connectivity index (χ4n) is 1.90. The van der Waals surface area contributed by atoms with Crippen molar-refractivity contribution in [2.75, 3.05) is 13.1 Å². The average Bonchev–Trinajstić information content (AvgIpc) is 2.14. The predicted octanol–water partition coefficient (Wildman–Crippen LogP) is 1.20. The number of rotatable bonds is 1. The van der Waals surface area contributed by atoms with E-state index in [1.165, 1.54) is 0 Å². The van der Waals surface area contributed by atoms with Crippen molar-refractivity contribution in [1.82, 2.24) is 4.90 Å². The highest BCUT2D eigenvalue weighted by molar-refractivity contribution is 5.96. The van der Waals surface area contributed by atoms with Gasteiger partial charge in [0, 0.05) is 5.56 Å². The number of aryl methyl sites for hydroxylation is 1. The third-order valence-corrected chi connectivity index (χ3v) is 2.73. The molecule has 0 atom stereocenters. The minimum absolute atomic E-state index is 0.0135. The van der Waals surface area contributed by atoms with E-state index >= 15 is 0 Å².